The zero-order chi connectivity index (χ0) is 10.4. The number of rotatable bonds is 4. The van der Waals surface area contributed by atoms with E-state index in [1.54, 1.807) is 12.1 Å². The van der Waals surface area contributed by atoms with Crippen molar-refractivity contribution in [3.05, 3.63) is 30.3 Å². The van der Waals surface area contributed by atoms with Crippen molar-refractivity contribution in [2.75, 3.05) is 11.9 Å². The minimum Gasteiger partial charge on any atom is -0.391 e. The molecule has 1 aromatic rings. The minimum atomic E-state index is -0.765. The van der Waals surface area contributed by atoms with Gasteiger partial charge in [-0.3, -0.25) is 4.79 Å². The summed E-state index contributed by atoms with van der Waals surface area (Å²) in [6.45, 7) is 0.0994. The maximum Gasteiger partial charge on any atom is 0.227 e. The Kier molecular flexibility index (Phi) is 4.10. The van der Waals surface area contributed by atoms with Crippen molar-refractivity contribution < 1.29 is 9.90 Å². The van der Waals surface area contributed by atoms with Crippen molar-refractivity contribution in [1.82, 2.24) is 0 Å². The standard InChI is InChI=1S/C10H14N2O2/c11-7-9(13)6-10(14)12-8-4-2-1-3-5-8/h1-5,9,13H,6-7,11H2,(H,12,14)/t9-/m1/s1. The first-order valence-electron chi connectivity index (χ1n) is 4.45. The number of aliphatic hydroxyl groups excluding tert-OH is 1. The third kappa shape index (κ3) is 3.55. The number of hydrogen-bond donors (Lipinski definition) is 3. The lowest BCUT2D eigenvalue weighted by atomic mass is 10.2. The monoisotopic (exact) mass is 194 g/mol. The molecule has 0 aliphatic rings. The van der Waals surface area contributed by atoms with E-state index in [1.165, 1.54) is 0 Å². The van der Waals surface area contributed by atoms with E-state index in [1.807, 2.05) is 18.2 Å². The fourth-order valence-corrected chi connectivity index (χ4v) is 1.03. The van der Waals surface area contributed by atoms with Crippen LogP contribution in [0.5, 0.6) is 0 Å². The van der Waals surface area contributed by atoms with Crippen molar-refractivity contribution in [3.8, 4) is 0 Å². The second-order valence-corrected chi connectivity index (χ2v) is 3.01. The van der Waals surface area contributed by atoms with E-state index in [0.717, 1.165) is 5.69 Å². The van der Waals surface area contributed by atoms with Gasteiger partial charge in [0, 0.05) is 12.2 Å². The van der Waals surface area contributed by atoms with Crippen LogP contribution in [-0.4, -0.2) is 23.7 Å². The van der Waals surface area contributed by atoms with Gasteiger partial charge in [-0.1, -0.05) is 18.2 Å². The molecule has 1 aromatic carbocycles. The van der Waals surface area contributed by atoms with Gasteiger partial charge in [-0.15, -0.1) is 0 Å². The summed E-state index contributed by atoms with van der Waals surface area (Å²) in [5.41, 5.74) is 5.91. The maximum atomic E-state index is 11.3. The molecule has 0 saturated carbocycles. The number of nitrogens with two attached hydrogens (primary N) is 1. The largest absolute Gasteiger partial charge is 0.391 e. The molecule has 4 nitrogen and oxygen atoms in total. The number of anilines is 1. The van der Waals surface area contributed by atoms with E-state index in [9.17, 15) is 4.79 Å². The summed E-state index contributed by atoms with van der Waals surface area (Å²) in [5.74, 6) is -0.228. The Morgan fingerprint density at radius 1 is 1.43 bits per heavy atom. The average molecular weight is 194 g/mol. The molecule has 1 amide bonds. The molecule has 0 aromatic heterocycles. The molecular formula is C10H14N2O2. The molecule has 0 aliphatic carbocycles. The summed E-state index contributed by atoms with van der Waals surface area (Å²) < 4.78 is 0. The molecule has 4 N–H and O–H groups in total. The topological polar surface area (TPSA) is 75.3 Å². The molecule has 0 spiro atoms. The molecule has 0 aliphatic heterocycles. The first-order valence-corrected chi connectivity index (χ1v) is 4.45. The highest BCUT2D eigenvalue weighted by atomic mass is 16.3. The van der Waals surface area contributed by atoms with Crippen LogP contribution in [0.3, 0.4) is 0 Å². The van der Waals surface area contributed by atoms with Crippen LogP contribution in [0.2, 0.25) is 0 Å². The molecule has 0 unspecified atom stereocenters. The van der Waals surface area contributed by atoms with Crippen LogP contribution in [-0.2, 0) is 4.79 Å². The first kappa shape index (κ1) is 10.7. The predicted octanol–water partition coefficient (Wildman–Crippen LogP) is 0.335. The molecule has 1 atom stereocenters. The lowest BCUT2D eigenvalue weighted by molar-refractivity contribution is -0.117. The molecular weight excluding hydrogens is 180 g/mol. The smallest absolute Gasteiger partial charge is 0.227 e. The van der Waals surface area contributed by atoms with Crippen LogP contribution in [0, 0.1) is 0 Å². The summed E-state index contributed by atoms with van der Waals surface area (Å²) in [5, 5.41) is 11.8. The highest BCUT2D eigenvalue weighted by Gasteiger charge is 2.08. The van der Waals surface area contributed by atoms with E-state index in [0.29, 0.717) is 0 Å². The van der Waals surface area contributed by atoms with Crippen LogP contribution in [0.4, 0.5) is 5.69 Å². The van der Waals surface area contributed by atoms with Crippen LogP contribution in [0.15, 0.2) is 30.3 Å². The SMILES string of the molecule is NC[C@H](O)CC(=O)Nc1ccccc1. The first-order chi connectivity index (χ1) is 6.72. The molecule has 0 heterocycles. The van der Waals surface area contributed by atoms with Gasteiger partial charge in [0.1, 0.15) is 0 Å². The molecule has 0 bridgehead atoms. The van der Waals surface area contributed by atoms with Crippen LogP contribution >= 0.6 is 0 Å². The van der Waals surface area contributed by atoms with E-state index >= 15 is 0 Å². The molecule has 76 valence electrons. The van der Waals surface area contributed by atoms with Crippen LogP contribution in [0.25, 0.3) is 0 Å². The highest BCUT2D eigenvalue weighted by molar-refractivity contribution is 5.90. The van der Waals surface area contributed by atoms with Crippen molar-refractivity contribution >= 4 is 11.6 Å². The molecule has 4 heteroatoms. The lowest BCUT2D eigenvalue weighted by Crippen LogP contribution is -2.26. The second kappa shape index (κ2) is 5.36. The highest BCUT2D eigenvalue weighted by Crippen LogP contribution is 2.05. The molecule has 0 saturated heterocycles. The molecule has 14 heavy (non-hydrogen) atoms. The van der Waals surface area contributed by atoms with Gasteiger partial charge in [0.25, 0.3) is 0 Å². The number of carbonyl (C=O) groups excluding carboxylic acids is 1. The van der Waals surface area contributed by atoms with Gasteiger partial charge in [-0.25, -0.2) is 0 Å². The summed E-state index contributed by atoms with van der Waals surface area (Å²) in [4.78, 5) is 11.3. The molecule has 1 rings (SSSR count). The summed E-state index contributed by atoms with van der Waals surface area (Å²) in [6.07, 6.45) is -0.732. The summed E-state index contributed by atoms with van der Waals surface area (Å²) >= 11 is 0. The maximum absolute atomic E-state index is 11.3. The minimum absolute atomic E-state index is 0.0331. The summed E-state index contributed by atoms with van der Waals surface area (Å²) in [7, 11) is 0. The molecule has 0 radical (unpaired) electrons. The zero-order valence-electron chi connectivity index (χ0n) is 7.81. The Labute approximate surface area is 82.7 Å². The fraction of sp³-hybridized carbons (Fsp3) is 0.300. The predicted molar refractivity (Wildman–Crippen MR) is 54.7 cm³/mol. The van der Waals surface area contributed by atoms with E-state index < -0.39 is 6.10 Å². The van der Waals surface area contributed by atoms with Gasteiger partial charge < -0.3 is 16.2 Å². The number of para-hydroxylation sites is 1. The third-order valence-electron chi connectivity index (χ3n) is 1.75. The zero-order valence-corrected chi connectivity index (χ0v) is 7.81. The number of benzene rings is 1. The lowest BCUT2D eigenvalue weighted by Gasteiger charge is -2.08. The van der Waals surface area contributed by atoms with E-state index in [-0.39, 0.29) is 18.9 Å². The third-order valence-corrected chi connectivity index (χ3v) is 1.75. The quantitative estimate of drug-likeness (QED) is 0.646. The van der Waals surface area contributed by atoms with Crippen LogP contribution in [0.1, 0.15) is 6.42 Å². The Bertz CT molecular complexity index is 287. The Balaban J connectivity index is 2.42. The van der Waals surface area contributed by atoms with Crippen molar-refractivity contribution in [2.45, 2.75) is 12.5 Å². The van der Waals surface area contributed by atoms with Gasteiger partial charge in [0.2, 0.25) is 5.91 Å². The Morgan fingerprint density at radius 2 is 2.07 bits per heavy atom. The number of nitrogens with one attached hydrogen (secondary N) is 1. The van der Waals surface area contributed by atoms with Gasteiger partial charge in [-0.2, -0.15) is 0 Å². The Morgan fingerprint density at radius 3 is 2.64 bits per heavy atom. The van der Waals surface area contributed by atoms with E-state index in [2.05, 4.69) is 5.32 Å². The summed E-state index contributed by atoms with van der Waals surface area (Å²) in [6, 6.07) is 9.09. The van der Waals surface area contributed by atoms with Crippen LogP contribution < -0.4 is 11.1 Å². The molecule has 0 fully saturated rings. The average Bonchev–Trinajstić information content (AvgIpc) is 2.19. The number of hydrogen-bond acceptors (Lipinski definition) is 3. The normalized spacial score (nSPS) is 12.1. The Hall–Kier alpha value is -1.39. The van der Waals surface area contributed by atoms with Gasteiger partial charge in [0.15, 0.2) is 0 Å². The van der Waals surface area contributed by atoms with Gasteiger partial charge in [0.05, 0.1) is 12.5 Å². The van der Waals surface area contributed by atoms with Gasteiger partial charge >= 0.3 is 0 Å². The van der Waals surface area contributed by atoms with Crippen molar-refractivity contribution in [1.29, 1.82) is 0 Å². The number of amides is 1. The second-order valence-electron chi connectivity index (χ2n) is 3.01. The fourth-order valence-electron chi connectivity index (χ4n) is 1.03. The number of aliphatic hydroxyl groups is 1. The number of carbonyl (C=O) groups is 1. The van der Waals surface area contributed by atoms with Crippen molar-refractivity contribution in [2.24, 2.45) is 5.73 Å². The van der Waals surface area contributed by atoms with E-state index in [4.69, 9.17) is 10.8 Å². The van der Waals surface area contributed by atoms with Gasteiger partial charge in [-0.05, 0) is 12.1 Å². The van der Waals surface area contributed by atoms with Crippen molar-refractivity contribution in [3.63, 3.8) is 0 Å².